The lowest BCUT2D eigenvalue weighted by molar-refractivity contribution is 0.174. The van der Waals surface area contributed by atoms with E-state index in [1.165, 1.54) is 48.9 Å². The van der Waals surface area contributed by atoms with Crippen molar-refractivity contribution in [3.05, 3.63) is 65.9 Å². The van der Waals surface area contributed by atoms with Crippen LogP contribution in [0.5, 0.6) is 0 Å². The summed E-state index contributed by atoms with van der Waals surface area (Å²) in [6, 6.07) is 17.6. The van der Waals surface area contributed by atoms with Crippen molar-refractivity contribution < 1.29 is 8.42 Å². The minimum Gasteiger partial charge on any atom is -0.298 e. The highest BCUT2D eigenvalue weighted by Crippen LogP contribution is 2.36. The van der Waals surface area contributed by atoms with Gasteiger partial charge in [0, 0.05) is 34.8 Å². The third-order valence-corrected chi connectivity index (χ3v) is 11.2. The van der Waals surface area contributed by atoms with E-state index in [-0.39, 0.29) is 5.25 Å². The summed E-state index contributed by atoms with van der Waals surface area (Å²) >= 11 is 0. The van der Waals surface area contributed by atoms with Gasteiger partial charge >= 0.3 is 0 Å². The summed E-state index contributed by atoms with van der Waals surface area (Å²) in [5, 5.41) is 8.32. The SMILES string of the molecule is C[C@@H]1CCCN1C1CCc2ccc(-c3cnc4[nH]nc(-c5ccc(S(=O)(=O)C6CC6)cc5)c4c3)cc2CC1. The lowest BCUT2D eigenvalue weighted by atomic mass is 9.96. The van der Waals surface area contributed by atoms with Gasteiger partial charge in [-0.05, 0) is 99.7 Å². The second-order valence-electron chi connectivity index (χ2n) is 11.4. The molecule has 7 heteroatoms. The van der Waals surface area contributed by atoms with E-state index < -0.39 is 9.84 Å². The maximum Gasteiger partial charge on any atom is 0.181 e. The van der Waals surface area contributed by atoms with Gasteiger partial charge in [0.2, 0.25) is 0 Å². The standard InChI is InChI=1S/C31H34N4O2S/c1-20-3-2-16-35(20)26-10-6-21-4-5-24(17-23(21)7-11-26)25-18-29-30(33-34-31(29)32-19-25)22-8-12-27(13-9-22)38(36,37)28-14-15-28/h4-5,8-9,12-13,17-20,26,28H,2-3,6-7,10-11,14-16H2,1H3,(H,32,33,34)/t20-,26?/m1/s1. The number of aromatic nitrogens is 3. The van der Waals surface area contributed by atoms with Gasteiger partial charge in [-0.15, -0.1) is 0 Å². The van der Waals surface area contributed by atoms with Crippen LogP contribution in [0, 0.1) is 0 Å². The van der Waals surface area contributed by atoms with E-state index in [1.807, 2.05) is 18.3 Å². The molecule has 2 aliphatic carbocycles. The van der Waals surface area contributed by atoms with Crippen molar-refractivity contribution in [3.63, 3.8) is 0 Å². The number of aryl methyl sites for hydroxylation is 2. The van der Waals surface area contributed by atoms with Crippen LogP contribution in [-0.2, 0) is 22.7 Å². The van der Waals surface area contributed by atoms with Crippen molar-refractivity contribution in [3.8, 4) is 22.4 Å². The minimum atomic E-state index is -3.20. The highest BCUT2D eigenvalue weighted by Gasteiger charge is 2.36. The van der Waals surface area contributed by atoms with Crippen LogP contribution in [0.25, 0.3) is 33.4 Å². The first kappa shape index (κ1) is 24.0. The average molecular weight is 527 g/mol. The second-order valence-corrected chi connectivity index (χ2v) is 13.6. The molecule has 0 radical (unpaired) electrons. The summed E-state index contributed by atoms with van der Waals surface area (Å²) in [4.78, 5) is 7.82. The Hall–Kier alpha value is -3.03. The molecule has 1 saturated carbocycles. The molecule has 3 aliphatic rings. The Bertz CT molecular complexity index is 1600. The van der Waals surface area contributed by atoms with Crippen molar-refractivity contribution in [2.45, 2.75) is 80.5 Å². The maximum atomic E-state index is 12.6. The van der Waals surface area contributed by atoms with Gasteiger partial charge in [-0.1, -0.05) is 30.3 Å². The van der Waals surface area contributed by atoms with Gasteiger partial charge in [-0.3, -0.25) is 10.00 Å². The van der Waals surface area contributed by atoms with Crippen LogP contribution in [0.15, 0.2) is 59.6 Å². The molecular formula is C31H34N4O2S. The second kappa shape index (κ2) is 9.31. The summed E-state index contributed by atoms with van der Waals surface area (Å²) in [6.45, 7) is 3.64. The summed E-state index contributed by atoms with van der Waals surface area (Å²) < 4.78 is 25.2. The fourth-order valence-electron chi connectivity index (χ4n) is 6.55. The molecule has 196 valence electrons. The molecule has 6 nitrogen and oxygen atoms in total. The molecule has 2 aromatic carbocycles. The lowest BCUT2D eigenvalue weighted by Gasteiger charge is -2.30. The first-order valence-corrected chi connectivity index (χ1v) is 15.6. The Labute approximate surface area is 224 Å². The zero-order valence-corrected chi connectivity index (χ0v) is 22.7. The Morgan fingerprint density at radius 1 is 0.868 bits per heavy atom. The van der Waals surface area contributed by atoms with Crippen molar-refractivity contribution >= 4 is 20.9 Å². The minimum absolute atomic E-state index is 0.207. The number of H-pyrrole nitrogens is 1. The van der Waals surface area contributed by atoms with Crippen molar-refractivity contribution in [2.24, 2.45) is 0 Å². The van der Waals surface area contributed by atoms with Gasteiger partial charge in [0.05, 0.1) is 10.1 Å². The van der Waals surface area contributed by atoms with Gasteiger partial charge in [0.15, 0.2) is 15.5 Å². The molecule has 38 heavy (non-hydrogen) atoms. The van der Waals surface area contributed by atoms with E-state index in [2.05, 4.69) is 51.3 Å². The summed E-state index contributed by atoms with van der Waals surface area (Å²) in [6.07, 6.45) is 10.9. The molecule has 3 heterocycles. The molecule has 0 amide bonds. The van der Waals surface area contributed by atoms with Gasteiger partial charge in [-0.25, -0.2) is 13.4 Å². The van der Waals surface area contributed by atoms with Crippen LogP contribution in [0.4, 0.5) is 0 Å². The third kappa shape index (κ3) is 4.26. The van der Waals surface area contributed by atoms with E-state index in [4.69, 9.17) is 0 Å². The number of rotatable bonds is 5. The number of sulfone groups is 1. The largest absolute Gasteiger partial charge is 0.298 e. The normalized spacial score (nSPS) is 22.4. The highest BCUT2D eigenvalue weighted by atomic mass is 32.2. The first-order chi connectivity index (χ1) is 18.5. The number of hydrogen-bond acceptors (Lipinski definition) is 5. The number of hydrogen-bond donors (Lipinski definition) is 1. The zero-order chi connectivity index (χ0) is 25.9. The Kier molecular flexibility index (Phi) is 5.89. The van der Waals surface area contributed by atoms with Crippen LogP contribution in [0.2, 0.25) is 0 Å². The number of aromatic amines is 1. The van der Waals surface area contributed by atoms with Crippen LogP contribution >= 0.6 is 0 Å². The van der Waals surface area contributed by atoms with Gasteiger partial charge in [-0.2, -0.15) is 5.10 Å². The molecule has 0 spiro atoms. The fourth-order valence-corrected chi connectivity index (χ4v) is 8.21. The molecule has 2 atom stereocenters. The zero-order valence-electron chi connectivity index (χ0n) is 21.9. The lowest BCUT2D eigenvalue weighted by Crippen LogP contribution is -2.37. The number of nitrogens with zero attached hydrogens (tertiary/aromatic N) is 3. The molecule has 1 unspecified atom stereocenters. The Balaban J connectivity index is 1.16. The molecule has 4 aromatic rings. The molecular weight excluding hydrogens is 492 g/mol. The smallest absolute Gasteiger partial charge is 0.181 e. The summed E-state index contributed by atoms with van der Waals surface area (Å²) in [5.41, 5.74) is 7.63. The van der Waals surface area contributed by atoms with E-state index in [1.54, 1.807) is 12.1 Å². The summed E-state index contributed by atoms with van der Waals surface area (Å²) in [5.74, 6) is 0. The molecule has 0 bridgehead atoms. The van der Waals surface area contributed by atoms with E-state index >= 15 is 0 Å². The molecule has 1 aliphatic heterocycles. The number of nitrogens with one attached hydrogen (secondary N) is 1. The first-order valence-electron chi connectivity index (χ1n) is 14.0. The van der Waals surface area contributed by atoms with Gasteiger partial charge in [0.25, 0.3) is 0 Å². The predicted octanol–water partition coefficient (Wildman–Crippen LogP) is 5.96. The third-order valence-electron chi connectivity index (χ3n) is 8.94. The molecule has 2 aromatic heterocycles. The number of likely N-dealkylation sites (tertiary alicyclic amines) is 1. The van der Waals surface area contributed by atoms with Gasteiger partial charge in [0.1, 0.15) is 5.69 Å². The monoisotopic (exact) mass is 526 g/mol. The fraction of sp³-hybridized carbons (Fsp3) is 0.419. The molecule has 1 saturated heterocycles. The van der Waals surface area contributed by atoms with E-state index in [0.29, 0.717) is 10.9 Å². The van der Waals surface area contributed by atoms with Gasteiger partial charge < -0.3 is 0 Å². The molecule has 7 rings (SSSR count). The van der Waals surface area contributed by atoms with Crippen molar-refractivity contribution in [1.82, 2.24) is 20.1 Å². The van der Waals surface area contributed by atoms with Crippen LogP contribution in [0.1, 0.15) is 56.6 Å². The van der Waals surface area contributed by atoms with E-state index in [9.17, 15) is 8.42 Å². The number of fused-ring (bicyclic) bond motifs is 2. The topological polar surface area (TPSA) is 79.0 Å². The summed E-state index contributed by atoms with van der Waals surface area (Å²) in [7, 11) is -3.20. The number of benzene rings is 2. The van der Waals surface area contributed by atoms with Crippen LogP contribution < -0.4 is 0 Å². The highest BCUT2D eigenvalue weighted by molar-refractivity contribution is 7.92. The van der Waals surface area contributed by atoms with Crippen molar-refractivity contribution in [2.75, 3.05) is 6.54 Å². The Morgan fingerprint density at radius 3 is 2.37 bits per heavy atom. The van der Waals surface area contributed by atoms with Crippen LogP contribution in [-0.4, -0.2) is 52.4 Å². The van der Waals surface area contributed by atoms with Crippen molar-refractivity contribution in [1.29, 1.82) is 0 Å². The maximum absolute atomic E-state index is 12.6. The number of pyridine rings is 1. The predicted molar refractivity (Wildman–Crippen MR) is 151 cm³/mol. The molecule has 1 N–H and O–H groups in total. The Morgan fingerprint density at radius 2 is 1.63 bits per heavy atom. The van der Waals surface area contributed by atoms with E-state index in [0.717, 1.165) is 59.6 Å². The molecule has 2 fully saturated rings. The average Bonchev–Trinajstić information content (AvgIpc) is 3.65. The quantitative estimate of drug-likeness (QED) is 0.325. The van der Waals surface area contributed by atoms with Crippen LogP contribution in [0.3, 0.4) is 0 Å².